The molecule has 2 heterocycles. The number of hydrogen-bond donors (Lipinski definition) is 3. The van der Waals surface area contributed by atoms with Crippen molar-refractivity contribution in [1.29, 1.82) is 0 Å². The van der Waals surface area contributed by atoms with Gasteiger partial charge in [0.25, 0.3) is 0 Å². The highest BCUT2D eigenvalue weighted by atomic mass is 16.5. The van der Waals surface area contributed by atoms with E-state index in [-0.39, 0.29) is 0 Å². The topological polar surface area (TPSA) is 101 Å². The molecule has 0 aliphatic heterocycles. The number of rotatable bonds is 6. The van der Waals surface area contributed by atoms with Gasteiger partial charge in [0.15, 0.2) is 0 Å². The number of methoxy groups -OCH3 is 1. The molecule has 2 aromatic carbocycles. The molecule has 0 unspecified atom stereocenters. The van der Waals surface area contributed by atoms with E-state index in [2.05, 4.69) is 25.8 Å². The number of ether oxygens (including phenoxy) is 2. The highest BCUT2D eigenvalue weighted by molar-refractivity contribution is 5.90. The van der Waals surface area contributed by atoms with Gasteiger partial charge in [-0.05, 0) is 66.2 Å². The molecule has 0 aliphatic carbocycles. The molecule has 2 aromatic heterocycles. The van der Waals surface area contributed by atoms with Crippen LogP contribution in [-0.2, 0) is 0 Å². The summed E-state index contributed by atoms with van der Waals surface area (Å²) in [5, 5.41) is 7.53. The molecule has 150 valence electrons. The summed E-state index contributed by atoms with van der Waals surface area (Å²) in [6.07, 6.45) is 5.04. The maximum Gasteiger partial charge on any atom is 0.339 e. The number of nitrogens with one attached hydrogen (secondary N) is 3. The van der Waals surface area contributed by atoms with Gasteiger partial charge in [-0.1, -0.05) is 0 Å². The predicted octanol–water partition coefficient (Wildman–Crippen LogP) is 4.52. The van der Waals surface area contributed by atoms with Crippen molar-refractivity contribution in [2.24, 2.45) is 5.10 Å². The van der Waals surface area contributed by atoms with Crippen LogP contribution in [0.25, 0.3) is 11.0 Å². The van der Waals surface area contributed by atoms with Crippen molar-refractivity contribution in [3.63, 3.8) is 0 Å². The molecule has 0 atom stereocenters. The van der Waals surface area contributed by atoms with Gasteiger partial charge in [0.1, 0.15) is 22.9 Å². The molecule has 0 spiro atoms. The summed E-state index contributed by atoms with van der Waals surface area (Å²) in [4.78, 5) is 19.3. The Morgan fingerprint density at radius 3 is 2.57 bits per heavy atom. The first-order valence-electron chi connectivity index (χ1n) is 9.15. The average molecular weight is 401 g/mol. The normalized spacial score (nSPS) is 10.8. The van der Waals surface area contributed by atoms with E-state index >= 15 is 0 Å². The molecule has 0 saturated carbocycles. The highest BCUT2D eigenvalue weighted by Gasteiger charge is 2.06. The molecule has 3 N–H and O–H groups in total. The second kappa shape index (κ2) is 8.78. The molecular weight excluding hydrogens is 382 g/mol. The van der Waals surface area contributed by atoms with Crippen LogP contribution >= 0.6 is 0 Å². The first-order chi connectivity index (χ1) is 14.7. The lowest BCUT2D eigenvalue weighted by Gasteiger charge is -2.08. The second-order valence-electron chi connectivity index (χ2n) is 6.27. The molecule has 4 aromatic rings. The van der Waals surface area contributed by atoms with Gasteiger partial charge in [-0.25, -0.2) is 15.2 Å². The van der Waals surface area contributed by atoms with Crippen LogP contribution in [0.4, 0.5) is 10.5 Å². The number of pyridine rings is 1. The Kier molecular flexibility index (Phi) is 5.56. The van der Waals surface area contributed by atoms with Crippen LogP contribution in [0.1, 0.15) is 5.56 Å². The SMILES string of the molecule is COc1ccc(/C=N/NC(=O)Nc2ccc(Oc3ccnc4[nH]ccc34)cc2)cc1. The van der Waals surface area contributed by atoms with Crippen LogP contribution in [0, 0.1) is 0 Å². The number of nitrogens with zero attached hydrogens (tertiary/aromatic N) is 2. The Labute approximate surface area is 172 Å². The maximum atomic E-state index is 12.0. The summed E-state index contributed by atoms with van der Waals surface area (Å²) in [7, 11) is 1.60. The van der Waals surface area contributed by atoms with Gasteiger partial charge in [0, 0.05) is 18.1 Å². The van der Waals surface area contributed by atoms with E-state index in [1.165, 1.54) is 0 Å². The van der Waals surface area contributed by atoms with E-state index in [0.717, 1.165) is 22.3 Å². The van der Waals surface area contributed by atoms with Crippen molar-refractivity contribution >= 4 is 29.0 Å². The van der Waals surface area contributed by atoms with E-state index in [1.54, 1.807) is 49.9 Å². The van der Waals surface area contributed by atoms with Crippen molar-refractivity contribution in [3.8, 4) is 17.2 Å². The zero-order valence-electron chi connectivity index (χ0n) is 16.1. The fraction of sp³-hybridized carbons (Fsp3) is 0.0455. The molecule has 0 fully saturated rings. The Morgan fingerprint density at radius 1 is 1.03 bits per heavy atom. The lowest BCUT2D eigenvalue weighted by molar-refractivity contribution is 0.252. The van der Waals surface area contributed by atoms with Crippen LogP contribution in [-0.4, -0.2) is 29.3 Å². The number of anilines is 1. The van der Waals surface area contributed by atoms with Crippen LogP contribution in [0.15, 0.2) is 78.2 Å². The van der Waals surface area contributed by atoms with Crippen molar-refractivity contribution in [2.45, 2.75) is 0 Å². The maximum absolute atomic E-state index is 12.0. The first-order valence-corrected chi connectivity index (χ1v) is 9.15. The Morgan fingerprint density at radius 2 is 1.80 bits per heavy atom. The molecule has 2 amide bonds. The number of carbonyl (C=O) groups is 1. The summed E-state index contributed by atoms with van der Waals surface area (Å²) in [6, 6.07) is 17.6. The van der Waals surface area contributed by atoms with E-state index in [9.17, 15) is 4.79 Å². The third kappa shape index (κ3) is 4.56. The van der Waals surface area contributed by atoms with Gasteiger partial charge >= 0.3 is 6.03 Å². The summed E-state index contributed by atoms with van der Waals surface area (Å²) >= 11 is 0. The van der Waals surface area contributed by atoms with Gasteiger partial charge in [-0.2, -0.15) is 5.10 Å². The van der Waals surface area contributed by atoms with E-state index in [4.69, 9.17) is 9.47 Å². The Balaban J connectivity index is 1.32. The molecule has 30 heavy (non-hydrogen) atoms. The number of aromatic nitrogens is 2. The number of amides is 2. The summed E-state index contributed by atoms with van der Waals surface area (Å²) in [5.41, 5.74) is 4.64. The van der Waals surface area contributed by atoms with Crippen molar-refractivity contribution in [2.75, 3.05) is 12.4 Å². The van der Waals surface area contributed by atoms with Gasteiger partial charge in [-0.3, -0.25) is 0 Å². The number of hydrazone groups is 1. The summed E-state index contributed by atoms with van der Waals surface area (Å²) in [6.45, 7) is 0. The molecule has 0 bridgehead atoms. The zero-order chi connectivity index (χ0) is 20.8. The van der Waals surface area contributed by atoms with E-state index in [0.29, 0.717) is 17.2 Å². The Hall–Kier alpha value is -4.33. The van der Waals surface area contributed by atoms with Crippen molar-refractivity contribution < 1.29 is 14.3 Å². The van der Waals surface area contributed by atoms with Crippen LogP contribution in [0.5, 0.6) is 17.2 Å². The average Bonchev–Trinajstić information content (AvgIpc) is 3.26. The van der Waals surface area contributed by atoms with E-state index in [1.807, 2.05) is 36.5 Å². The lowest BCUT2D eigenvalue weighted by Crippen LogP contribution is -2.24. The lowest BCUT2D eigenvalue weighted by atomic mass is 10.2. The zero-order valence-corrected chi connectivity index (χ0v) is 16.1. The minimum absolute atomic E-state index is 0.448. The van der Waals surface area contributed by atoms with Crippen LogP contribution in [0.2, 0.25) is 0 Å². The second-order valence-corrected chi connectivity index (χ2v) is 6.27. The standard InChI is InChI=1S/C22H19N5O3/c1-29-17-6-2-15(3-7-17)14-25-27-22(28)26-16-4-8-18(9-5-16)30-20-11-13-24-21-19(20)10-12-23-21/h2-14H,1H3,(H,23,24)(H2,26,27,28)/b25-14+. The number of carbonyl (C=O) groups excluding carboxylic acids is 1. The highest BCUT2D eigenvalue weighted by Crippen LogP contribution is 2.28. The predicted molar refractivity (Wildman–Crippen MR) is 115 cm³/mol. The monoisotopic (exact) mass is 401 g/mol. The number of urea groups is 1. The third-order valence-corrected chi connectivity index (χ3v) is 4.26. The molecule has 4 rings (SSSR count). The van der Waals surface area contributed by atoms with Gasteiger partial charge in [0.2, 0.25) is 0 Å². The van der Waals surface area contributed by atoms with Crippen LogP contribution in [0.3, 0.4) is 0 Å². The summed E-state index contributed by atoms with van der Waals surface area (Å²) in [5.74, 6) is 2.10. The van der Waals surface area contributed by atoms with Gasteiger partial charge < -0.3 is 19.8 Å². The number of fused-ring (bicyclic) bond motifs is 1. The molecule has 8 heteroatoms. The van der Waals surface area contributed by atoms with Gasteiger partial charge in [-0.15, -0.1) is 0 Å². The van der Waals surface area contributed by atoms with E-state index < -0.39 is 6.03 Å². The van der Waals surface area contributed by atoms with Crippen LogP contribution < -0.4 is 20.2 Å². The third-order valence-electron chi connectivity index (χ3n) is 4.26. The number of hydrogen-bond acceptors (Lipinski definition) is 5. The molecule has 0 aliphatic rings. The number of H-pyrrole nitrogens is 1. The smallest absolute Gasteiger partial charge is 0.339 e. The fourth-order valence-electron chi connectivity index (χ4n) is 2.77. The number of benzene rings is 2. The molecule has 0 radical (unpaired) electrons. The largest absolute Gasteiger partial charge is 0.497 e. The summed E-state index contributed by atoms with van der Waals surface area (Å²) < 4.78 is 11.0. The fourth-order valence-corrected chi connectivity index (χ4v) is 2.77. The Bertz CT molecular complexity index is 1170. The van der Waals surface area contributed by atoms with Gasteiger partial charge in [0.05, 0.1) is 18.7 Å². The first kappa shape index (κ1) is 19.0. The molecule has 8 nitrogen and oxygen atoms in total. The minimum Gasteiger partial charge on any atom is -0.497 e. The minimum atomic E-state index is -0.448. The quantitative estimate of drug-likeness (QED) is 0.327. The van der Waals surface area contributed by atoms with Crippen molar-refractivity contribution in [3.05, 3.63) is 78.6 Å². The molecular formula is C22H19N5O3. The number of aromatic amines is 1. The molecule has 0 saturated heterocycles. The van der Waals surface area contributed by atoms with Crippen molar-refractivity contribution in [1.82, 2.24) is 15.4 Å².